The molecule has 0 aliphatic rings. The van der Waals surface area contributed by atoms with Crippen molar-refractivity contribution in [2.75, 3.05) is 13.3 Å². The van der Waals surface area contributed by atoms with Crippen LogP contribution in [0.4, 0.5) is 4.39 Å². The highest BCUT2D eigenvalue weighted by Gasteiger charge is 1.92. The highest BCUT2D eigenvalue weighted by Crippen LogP contribution is 1.99. The fourth-order valence-corrected chi connectivity index (χ4v) is 0.766. The number of carbonyl (C=O) groups excluding carboxylic acids is 1. The molecule has 0 aromatic carbocycles. The van der Waals surface area contributed by atoms with E-state index in [-0.39, 0.29) is 12.6 Å². The molecule has 0 unspecified atom stereocenters. The van der Waals surface area contributed by atoms with E-state index < -0.39 is 0 Å². The normalized spacial score (nSPS) is 9.64. The van der Waals surface area contributed by atoms with Crippen molar-refractivity contribution in [2.45, 2.75) is 32.6 Å². The van der Waals surface area contributed by atoms with E-state index in [0.717, 1.165) is 19.3 Å². The van der Waals surface area contributed by atoms with E-state index in [1.54, 1.807) is 0 Å². The monoisotopic (exact) mass is 162 g/mol. The van der Waals surface area contributed by atoms with Crippen molar-refractivity contribution in [3.05, 3.63) is 0 Å². The van der Waals surface area contributed by atoms with E-state index in [9.17, 15) is 9.18 Å². The summed E-state index contributed by atoms with van der Waals surface area (Å²) in [6, 6.07) is 0. The summed E-state index contributed by atoms with van der Waals surface area (Å²) in [5, 5.41) is 0. The first-order valence-corrected chi connectivity index (χ1v) is 3.96. The summed E-state index contributed by atoms with van der Waals surface area (Å²) < 4.78 is 16.2. The Labute approximate surface area is 66.7 Å². The van der Waals surface area contributed by atoms with Crippen molar-refractivity contribution in [3.8, 4) is 0 Å². The van der Waals surface area contributed by atoms with Crippen LogP contribution in [0.15, 0.2) is 0 Å². The molecule has 0 aromatic rings. The van der Waals surface area contributed by atoms with Crippen LogP contribution in [0.1, 0.15) is 32.6 Å². The van der Waals surface area contributed by atoms with Crippen LogP contribution >= 0.6 is 0 Å². The van der Waals surface area contributed by atoms with Gasteiger partial charge in [-0.1, -0.05) is 6.42 Å². The summed E-state index contributed by atoms with van der Waals surface area (Å²) in [7, 11) is 0. The molecule has 0 aliphatic carbocycles. The van der Waals surface area contributed by atoms with Gasteiger partial charge in [0.15, 0.2) is 0 Å². The molecule has 0 bridgehead atoms. The third-order valence-electron chi connectivity index (χ3n) is 1.33. The number of rotatable bonds is 6. The molecule has 11 heavy (non-hydrogen) atoms. The summed E-state index contributed by atoms with van der Waals surface area (Å²) in [6.45, 7) is 1.62. The smallest absolute Gasteiger partial charge is 0.302 e. The topological polar surface area (TPSA) is 26.3 Å². The molecule has 0 heterocycles. The Bertz CT molecular complexity index is 104. The number of esters is 1. The molecule has 0 radical (unpaired) electrons. The molecule has 2 nitrogen and oxygen atoms in total. The third kappa shape index (κ3) is 9.40. The molecule has 0 saturated heterocycles. The van der Waals surface area contributed by atoms with Gasteiger partial charge in [-0.3, -0.25) is 9.18 Å². The lowest BCUT2D eigenvalue weighted by Crippen LogP contribution is -2.00. The van der Waals surface area contributed by atoms with Crippen LogP contribution in [0.2, 0.25) is 0 Å². The Hall–Kier alpha value is -0.600. The van der Waals surface area contributed by atoms with E-state index in [0.29, 0.717) is 13.0 Å². The molecule has 0 rings (SSSR count). The van der Waals surface area contributed by atoms with Crippen LogP contribution in [0, 0.1) is 0 Å². The average molecular weight is 162 g/mol. The van der Waals surface area contributed by atoms with E-state index >= 15 is 0 Å². The minimum absolute atomic E-state index is 0.240. The predicted molar refractivity (Wildman–Crippen MR) is 41.1 cm³/mol. The number of unbranched alkanes of at least 4 members (excludes halogenated alkanes) is 3. The number of alkyl halides is 1. The van der Waals surface area contributed by atoms with Gasteiger partial charge in [0.25, 0.3) is 0 Å². The Balaban J connectivity index is 2.85. The van der Waals surface area contributed by atoms with Gasteiger partial charge in [0.1, 0.15) is 0 Å². The lowest BCUT2D eigenvalue weighted by atomic mass is 10.2. The molecule has 0 fully saturated rings. The molecule has 0 N–H and O–H groups in total. The predicted octanol–water partition coefficient (Wildman–Crippen LogP) is 2.08. The molecular formula is C8H15FO2. The van der Waals surface area contributed by atoms with Gasteiger partial charge >= 0.3 is 5.97 Å². The van der Waals surface area contributed by atoms with Gasteiger partial charge < -0.3 is 4.74 Å². The summed E-state index contributed by atoms with van der Waals surface area (Å²) in [5.74, 6) is -0.240. The van der Waals surface area contributed by atoms with Gasteiger partial charge in [-0.05, 0) is 19.3 Å². The van der Waals surface area contributed by atoms with E-state index in [1.165, 1.54) is 6.92 Å². The Kier molecular flexibility index (Phi) is 7.10. The largest absolute Gasteiger partial charge is 0.466 e. The van der Waals surface area contributed by atoms with E-state index in [4.69, 9.17) is 0 Å². The number of hydrogen-bond donors (Lipinski definition) is 0. The lowest BCUT2D eigenvalue weighted by molar-refractivity contribution is -0.141. The number of carbonyl (C=O) groups is 1. The zero-order valence-corrected chi connectivity index (χ0v) is 6.94. The van der Waals surface area contributed by atoms with Gasteiger partial charge in [-0.15, -0.1) is 0 Å². The van der Waals surface area contributed by atoms with Crippen molar-refractivity contribution in [2.24, 2.45) is 0 Å². The molecule has 0 aliphatic heterocycles. The summed E-state index contributed by atoms with van der Waals surface area (Å²) in [4.78, 5) is 10.3. The zero-order valence-electron chi connectivity index (χ0n) is 6.94. The molecule has 0 saturated carbocycles. The summed E-state index contributed by atoms with van der Waals surface area (Å²) >= 11 is 0. The second-order valence-electron chi connectivity index (χ2n) is 2.44. The summed E-state index contributed by atoms with van der Waals surface area (Å²) in [6.07, 6.45) is 3.30. The Morgan fingerprint density at radius 2 is 1.91 bits per heavy atom. The van der Waals surface area contributed by atoms with Crippen LogP contribution in [0.5, 0.6) is 0 Å². The Morgan fingerprint density at radius 3 is 2.45 bits per heavy atom. The van der Waals surface area contributed by atoms with E-state index in [1.807, 2.05) is 0 Å². The maximum absolute atomic E-state index is 11.5. The van der Waals surface area contributed by atoms with Crippen molar-refractivity contribution >= 4 is 5.97 Å². The van der Waals surface area contributed by atoms with E-state index in [2.05, 4.69) is 4.74 Å². The van der Waals surface area contributed by atoms with Gasteiger partial charge in [0.2, 0.25) is 0 Å². The first kappa shape index (κ1) is 10.4. The second-order valence-corrected chi connectivity index (χ2v) is 2.44. The fourth-order valence-electron chi connectivity index (χ4n) is 0.766. The molecule has 0 aromatic heterocycles. The Morgan fingerprint density at radius 1 is 1.27 bits per heavy atom. The maximum atomic E-state index is 11.5. The maximum Gasteiger partial charge on any atom is 0.302 e. The molecule has 0 spiro atoms. The second kappa shape index (κ2) is 7.51. The van der Waals surface area contributed by atoms with Crippen molar-refractivity contribution in [3.63, 3.8) is 0 Å². The summed E-state index contributed by atoms with van der Waals surface area (Å²) in [5.41, 5.74) is 0. The van der Waals surface area contributed by atoms with Crippen molar-refractivity contribution < 1.29 is 13.9 Å². The molecule has 66 valence electrons. The number of ether oxygens (including phenoxy) is 1. The van der Waals surface area contributed by atoms with Crippen LogP contribution in [-0.2, 0) is 9.53 Å². The minimum Gasteiger partial charge on any atom is -0.466 e. The highest BCUT2D eigenvalue weighted by atomic mass is 19.1. The van der Waals surface area contributed by atoms with Crippen LogP contribution in [0.25, 0.3) is 0 Å². The van der Waals surface area contributed by atoms with Crippen molar-refractivity contribution in [1.29, 1.82) is 0 Å². The first-order chi connectivity index (χ1) is 5.27. The molecule has 0 atom stereocenters. The molecule has 3 heteroatoms. The number of hydrogen-bond acceptors (Lipinski definition) is 2. The average Bonchev–Trinajstić information content (AvgIpc) is 1.96. The van der Waals surface area contributed by atoms with Gasteiger partial charge in [0.05, 0.1) is 13.3 Å². The van der Waals surface area contributed by atoms with Gasteiger partial charge in [-0.2, -0.15) is 0 Å². The van der Waals surface area contributed by atoms with Crippen LogP contribution in [0.3, 0.4) is 0 Å². The van der Waals surface area contributed by atoms with Crippen molar-refractivity contribution in [1.82, 2.24) is 0 Å². The van der Waals surface area contributed by atoms with Gasteiger partial charge in [-0.25, -0.2) is 0 Å². The highest BCUT2D eigenvalue weighted by molar-refractivity contribution is 5.65. The lowest BCUT2D eigenvalue weighted by Gasteiger charge is -1.99. The number of halogens is 1. The quantitative estimate of drug-likeness (QED) is 0.441. The standard InChI is InChI=1S/C8H15FO2/c1-8(10)11-7-5-3-2-4-6-9/h2-7H2,1H3. The minimum atomic E-state index is -0.242. The SMILES string of the molecule is CC(=O)OCCCCCCF. The fraction of sp³-hybridized carbons (Fsp3) is 0.875. The van der Waals surface area contributed by atoms with Crippen LogP contribution < -0.4 is 0 Å². The molecular weight excluding hydrogens is 147 g/mol. The van der Waals surface area contributed by atoms with Crippen LogP contribution in [-0.4, -0.2) is 19.3 Å². The third-order valence-corrected chi connectivity index (χ3v) is 1.33. The van der Waals surface area contributed by atoms with Gasteiger partial charge in [0, 0.05) is 6.92 Å². The zero-order chi connectivity index (χ0) is 8.53. The molecule has 0 amide bonds. The first-order valence-electron chi connectivity index (χ1n) is 3.96.